The average Bonchev–Trinajstić information content (AvgIpc) is 2.87. The summed E-state index contributed by atoms with van der Waals surface area (Å²) in [6.45, 7) is 3.30. The van der Waals surface area contributed by atoms with Crippen LogP contribution in [0.1, 0.15) is 27.2 Å². The molecule has 3 aromatic rings. The predicted molar refractivity (Wildman–Crippen MR) is 75.5 cm³/mol. The Hall–Kier alpha value is -2.49. The predicted octanol–water partition coefficient (Wildman–Crippen LogP) is 4.56. The van der Waals surface area contributed by atoms with Crippen molar-refractivity contribution in [2.45, 2.75) is 13.8 Å². The van der Waals surface area contributed by atoms with Crippen LogP contribution in [0.15, 0.2) is 40.8 Å². The maximum absolute atomic E-state index is 13.9. The summed E-state index contributed by atoms with van der Waals surface area (Å²) in [4.78, 5) is 12.3. The van der Waals surface area contributed by atoms with Crippen LogP contribution in [-0.4, -0.2) is 5.78 Å². The number of rotatable bonds is 2. The molecule has 0 aliphatic rings. The quantitative estimate of drug-likeness (QED) is 0.646. The van der Waals surface area contributed by atoms with Crippen molar-refractivity contribution >= 4 is 16.8 Å². The molecule has 2 nitrogen and oxygen atoms in total. The highest BCUT2D eigenvalue weighted by Gasteiger charge is 2.20. The van der Waals surface area contributed by atoms with Gasteiger partial charge in [0.1, 0.15) is 17.2 Å². The molecule has 106 valence electrons. The van der Waals surface area contributed by atoms with Crippen molar-refractivity contribution in [1.29, 1.82) is 0 Å². The molecule has 0 saturated carbocycles. The molecule has 0 atom stereocenters. The first-order valence-electron chi connectivity index (χ1n) is 6.47. The number of hydrogen-bond acceptors (Lipinski definition) is 2. The molecule has 3 rings (SSSR count). The van der Waals surface area contributed by atoms with E-state index in [1.807, 2.05) is 19.1 Å². The Bertz CT molecular complexity index is 863. The topological polar surface area (TPSA) is 30.2 Å². The van der Waals surface area contributed by atoms with Crippen LogP contribution in [0.5, 0.6) is 0 Å². The lowest BCUT2D eigenvalue weighted by atomic mass is 10.1. The van der Waals surface area contributed by atoms with Crippen LogP contribution < -0.4 is 0 Å². The van der Waals surface area contributed by atoms with E-state index >= 15 is 0 Å². The van der Waals surface area contributed by atoms with Crippen molar-refractivity contribution < 1.29 is 18.0 Å². The van der Waals surface area contributed by atoms with Crippen molar-refractivity contribution in [3.63, 3.8) is 0 Å². The molecule has 0 unspecified atom stereocenters. The third kappa shape index (κ3) is 2.23. The summed E-state index contributed by atoms with van der Waals surface area (Å²) in [5.41, 5.74) is 1.29. The number of hydrogen-bond donors (Lipinski definition) is 0. The van der Waals surface area contributed by atoms with E-state index in [0.717, 1.165) is 23.1 Å². The van der Waals surface area contributed by atoms with E-state index in [4.69, 9.17) is 4.42 Å². The lowest BCUT2D eigenvalue weighted by Gasteiger charge is -2.03. The smallest absolute Gasteiger partial charge is 0.231 e. The number of fused-ring (bicyclic) bond motifs is 1. The van der Waals surface area contributed by atoms with Gasteiger partial charge in [-0.15, -0.1) is 0 Å². The average molecular weight is 286 g/mol. The number of halogens is 2. The minimum absolute atomic E-state index is 0.00135. The van der Waals surface area contributed by atoms with Gasteiger partial charge in [0.25, 0.3) is 0 Å². The third-order valence-corrected chi connectivity index (χ3v) is 3.46. The van der Waals surface area contributed by atoms with E-state index in [9.17, 15) is 13.6 Å². The van der Waals surface area contributed by atoms with Crippen LogP contribution in [0.4, 0.5) is 8.78 Å². The largest absolute Gasteiger partial charge is 0.452 e. The van der Waals surface area contributed by atoms with Crippen LogP contribution in [-0.2, 0) is 0 Å². The van der Waals surface area contributed by atoms with Crippen LogP contribution in [0, 0.1) is 25.5 Å². The van der Waals surface area contributed by atoms with Gasteiger partial charge in [0.15, 0.2) is 5.76 Å². The molecule has 0 bridgehead atoms. The number of benzene rings is 2. The van der Waals surface area contributed by atoms with Crippen LogP contribution in [0.3, 0.4) is 0 Å². The van der Waals surface area contributed by atoms with Crippen LogP contribution in [0.25, 0.3) is 11.0 Å². The zero-order valence-electron chi connectivity index (χ0n) is 11.5. The van der Waals surface area contributed by atoms with Crippen LogP contribution in [0.2, 0.25) is 0 Å². The second-order valence-electron chi connectivity index (χ2n) is 5.01. The second kappa shape index (κ2) is 4.81. The van der Waals surface area contributed by atoms with Gasteiger partial charge in [0, 0.05) is 5.39 Å². The summed E-state index contributed by atoms with van der Waals surface area (Å²) >= 11 is 0. The number of aryl methyl sites for hydroxylation is 2. The molecule has 4 heteroatoms. The maximum atomic E-state index is 13.9. The molecule has 21 heavy (non-hydrogen) atoms. The number of ketones is 1. The first kappa shape index (κ1) is 13.5. The van der Waals surface area contributed by atoms with Gasteiger partial charge in [-0.1, -0.05) is 18.2 Å². The molecule has 0 aliphatic carbocycles. The van der Waals surface area contributed by atoms with Gasteiger partial charge in [-0.3, -0.25) is 4.79 Å². The highest BCUT2D eigenvalue weighted by molar-refractivity contribution is 6.09. The summed E-state index contributed by atoms with van der Waals surface area (Å²) in [5, 5.41) is 0.756. The first-order valence-corrected chi connectivity index (χ1v) is 6.47. The second-order valence-corrected chi connectivity index (χ2v) is 5.01. The van der Waals surface area contributed by atoms with Crippen molar-refractivity contribution in [2.24, 2.45) is 0 Å². The molecule has 2 aromatic carbocycles. The van der Waals surface area contributed by atoms with E-state index in [-0.39, 0.29) is 16.9 Å². The third-order valence-electron chi connectivity index (χ3n) is 3.46. The fourth-order valence-electron chi connectivity index (χ4n) is 2.27. The lowest BCUT2D eigenvalue weighted by molar-refractivity contribution is 0.101. The maximum Gasteiger partial charge on any atom is 0.231 e. The fourth-order valence-corrected chi connectivity index (χ4v) is 2.27. The standard InChI is InChI=1S/C17H12F2O2/c1-9-4-3-5-11-7-15(21-17(9)11)16(20)12-8-13(18)10(2)6-14(12)19/h3-8H,1-2H3. The Kier molecular flexibility index (Phi) is 3.09. The summed E-state index contributed by atoms with van der Waals surface area (Å²) in [7, 11) is 0. The number of para-hydroxylation sites is 1. The molecular formula is C17H12F2O2. The summed E-state index contributed by atoms with van der Waals surface area (Å²) in [6.07, 6.45) is 0. The summed E-state index contributed by atoms with van der Waals surface area (Å²) in [5.74, 6) is -2.04. The zero-order chi connectivity index (χ0) is 15.1. The van der Waals surface area contributed by atoms with E-state index in [2.05, 4.69) is 0 Å². The molecule has 0 N–H and O–H groups in total. The SMILES string of the molecule is Cc1cc(F)c(C(=O)c2cc3cccc(C)c3o2)cc1F. The first-order chi connectivity index (χ1) is 9.97. The zero-order valence-corrected chi connectivity index (χ0v) is 11.5. The lowest BCUT2D eigenvalue weighted by Crippen LogP contribution is -2.04. The van der Waals surface area contributed by atoms with Gasteiger partial charge >= 0.3 is 0 Å². The number of carbonyl (C=O) groups excluding carboxylic acids is 1. The van der Waals surface area contributed by atoms with Gasteiger partial charge in [-0.05, 0) is 43.2 Å². The highest BCUT2D eigenvalue weighted by atomic mass is 19.1. The Balaban J connectivity index is 2.12. The molecule has 0 amide bonds. The molecule has 1 aromatic heterocycles. The molecule has 0 radical (unpaired) electrons. The Morgan fingerprint density at radius 1 is 1.00 bits per heavy atom. The van der Waals surface area contributed by atoms with Gasteiger partial charge in [0.05, 0.1) is 5.56 Å². The Morgan fingerprint density at radius 2 is 1.76 bits per heavy atom. The van der Waals surface area contributed by atoms with Crippen molar-refractivity contribution in [3.05, 3.63) is 70.5 Å². The van der Waals surface area contributed by atoms with E-state index in [1.54, 1.807) is 12.1 Å². The molecule has 1 heterocycles. The minimum atomic E-state index is -0.754. The molecule has 0 spiro atoms. The Labute approximate surface area is 120 Å². The normalized spacial score (nSPS) is 11.0. The van der Waals surface area contributed by atoms with E-state index in [0.29, 0.717) is 5.58 Å². The van der Waals surface area contributed by atoms with E-state index < -0.39 is 17.4 Å². The van der Waals surface area contributed by atoms with Crippen molar-refractivity contribution in [1.82, 2.24) is 0 Å². The number of furan rings is 1. The minimum Gasteiger partial charge on any atom is -0.452 e. The summed E-state index contributed by atoms with van der Waals surface area (Å²) in [6, 6.07) is 8.96. The van der Waals surface area contributed by atoms with Gasteiger partial charge < -0.3 is 4.42 Å². The van der Waals surface area contributed by atoms with Gasteiger partial charge in [0.2, 0.25) is 5.78 Å². The van der Waals surface area contributed by atoms with Crippen molar-refractivity contribution in [3.8, 4) is 0 Å². The molecule has 0 aliphatic heterocycles. The molecule has 0 saturated heterocycles. The fraction of sp³-hybridized carbons (Fsp3) is 0.118. The monoisotopic (exact) mass is 286 g/mol. The van der Waals surface area contributed by atoms with Crippen LogP contribution >= 0.6 is 0 Å². The molecular weight excluding hydrogens is 274 g/mol. The Morgan fingerprint density at radius 3 is 2.48 bits per heavy atom. The molecule has 0 fully saturated rings. The highest BCUT2D eigenvalue weighted by Crippen LogP contribution is 2.25. The van der Waals surface area contributed by atoms with E-state index in [1.165, 1.54) is 6.92 Å². The number of carbonyl (C=O) groups is 1. The van der Waals surface area contributed by atoms with Gasteiger partial charge in [-0.25, -0.2) is 8.78 Å². The van der Waals surface area contributed by atoms with Crippen molar-refractivity contribution in [2.75, 3.05) is 0 Å². The summed E-state index contributed by atoms with van der Waals surface area (Å²) < 4.78 is 32.9. The van der Waals surface area contributed by atoms with Gasteiger partial charge in [-0.2, -0.15) is 0 Å².